The Morgan fingerprint density at radius 3 is 2.88 bits per heavy atom. The second kappa shape index (κ2) is 7.66. The first kappa shape index (κ1) is 17.4. The zero-order chi connectivity index (χ0) is 17.0. The van der Waals surface area contributed by atoms with Crippen molar-refractivity contribution >= 4 is 5.91 Å². The van der Waals surface area contributed by atoms with Crippen LogP contribution in [-0.2, 0) is 10.3 Å². The number of hydrogen-bond donors (Lipinski definition) is 2. The maximum absolute atomic E-state index is 13.1. The van der Waals surface area contributed by atoms with Crippen LogP contribution in [0, 0.1) is 0 Å². The van der Waals surface area contributed by atoms with Crippen LogP contribution in [0.4, 0.5) is 0 Å². The summed E-state index contributed by atoms with van der Waals surface area (Å²) in [6, 6.07) is 2.89. The number of amides is 1. The first-order valence-corrected chi connectivity index (χ1v) is 9.38. The smallest absolute Gasteiger partial charge is 0.248 e. The van der Waals surface area contributed by atoms with E-state index in [9.17, 15) is 4.79 Å². The molecule has 0 aromatic carbocycles. The molecule has 2 fully saturated rings. The zero-order valence-corrected chi connectivity index (χ0v) is 15.0. The lowest BCUT2D eigenvalue weighted by molar-refractivity contribution is -0.132. The highest BCUT2D eigenvalue weighted by Gasteiger charge is 2.42. The van der Waals surface area contributed by atoms with Gasteiger partial charge in [-0.25, -0.2) is 0 Å². The van der Waals surface area contributed by atoms with Crippen LogP contribution < -0.4 is 10.6 Å². The molecular formula is C18H31N5O. The Morgan fingerprint density at radius 2 is 2.21 bits per heavy atom. The van der Waals surface area contributed by atoms with E-state index in [1.165, 1.54) is 19.3 Å². The monoisotopic (exact) mass is 333 g/mol. The molecule has 1 aromatic rings. The van der Waals surface area contributed by atoms with Crippen LogP contribution in [0.25, 0.3) is 0 Å². The molecule has 1 aromatic heterocycles. The van der Waals surface area contributed by atoms with Crippen LogP contribution in [0.1, 0.15) is 46.0 Å². The number of nitrogens with zero attached hydrogens (tertiary/aromatic N) is 3. The van der Waals surface area contributed by atoms with E-state index in [-0.39, 0.29) is 5.91 Å². The number of likely N-dealkylation sites (tertiary alicyclic amines) is 1. The first-order chi connectivity index (χ1) is 11.6. The van der Waals surface area contributed by atoms with Crippen molar-refractivity contribution in [2.45, 2.75) is 63.6 Å². The molecule has 2 unspecified atom stereocenters. The fourth-order valence-electron chi connectivity index (χ4n) is 4.22. The molecule has 2 atom stereocenters. The molecule has 3 rings (SSSR count). The molecule has 0 spiro atoms. The SMILES string of the molecule is CC1CCCCN1C(C)CNC(=O)C1(n2cccn2)CCNCC1. The van der Waals surface area contributed by atoms with Gasteiger partial charge in [-0.15, -0.1) is 0 Å². The molecule has 2 aliphatic rings. The largest absolute Gasteiger partial charge is 0.352 e. The molecule has 2 N–H and O–H groups in total. The highest BCUT2D eigenvalue weighted by Crippen LogP contribution is 2.27. The number of aromatic nitrogens is 2. The molecule has 134 valence electrons. The third kappa shape index (κ3) is 3.49. The van der Waals surface area contributed by atoms with Crippen molar-refractivity contribution in [2.75, 3.05) is 26.2 Å². The Kier molecular flexibility index (Phi) is 5.56. The van der Waals surface area contributed by atoms with E-state index in [2.05, 4.69) is 34.5 Å². The number of piperidine rings is 2. The Hall–Kier alpha value is -1.40. The lowest BCUT2D eigenvalue weighted by Crippen LogP contribution is -2.57. The van der Waals surface area contributed by atoms with Gasteiger partial charge in [0.25, 0.3) is 0 Å². The van der Waals surface area contributed by atoms with Crippen molar-refractivity contribution < 1.29 is 4.79 Å². The van der Waals surface area contributed by atoms with Gasteiger partial charge in [-0.2, -0.15) is 5.10 Å². The summed E-state index contributed by atoms with van der Waals surface area (Å²) in [5.41, 5.74) is -0.540. The van der Waals surface area contributed by atoms with Gasteiger partial charge >= 0.3 is 0 Å². The molecule has 2 saturated heterocycles. The van der Waals surface area contributed by atoms with Gasteiger partial charge in [-0.1, -0.05) is 6.42 Å². The molecular weight excluding hydrogens is 302 g/mol. The zero-order valence-electron chi connectivity index (χ0n) is 15.0. The molecule has 1 amide bonds. The molecule has 3 heterocycles. The maximum atomic E-state index is 13.1. The Labute approximate surface area is 145 Å². The van der Waals surface area contributed by atoms with Gasteiger partial charge in [0, 0.05) is 31.0 Å². The highest BCUT2D eigenvalue weighted by molar-refractivity contribution is 5.84. The fourth-order valence-corrected chi connectivity index (χ4v) is 4.22. The van der Waals surface area contributed by atoms with E-state index in [1.807, 2.05) is 16.9 Å². The van der Waals surface area contributed by atoms with E-state index in [0.29, 0.717) is 18.6 Å². The minimum absolute atomic E-state index is 0.115. The molecule has 2 aliphatic heterocycles. The summed E-state index contributed by atoms with van der Waals surface area (Å²) in [5.74, 6) is 0.115. The van der Waals surface area contributed by atoms with Crippen LogP contribution in [0.5, 0.6) is 0 Å². The average Bonchev–Trinajstić information content (AvgIpc) is 3.15. The minimum Gasteiger partial charge on any atom is -0.352 e. The van der Waals surface area contributed by atoms with E-state index >= 15 is 0 Å². The van der Waals surface area contributed by atoms with Gasteiger partial charge in [-0.3, -0.25) is 14.4 Å². The number of hydrogen-bond acceptors (Lipinski definition) is 4. The van der Waals surface area contributed by atoms with Crippen LogP contribution >= 0.6 is 0 Å². The summed E-state index contributed by atoms with van der Waals surface area (Å²) in [5, 5.41) is 11.0. The molecule has 0 bridgehead atoms. The standard InChI is InChI=1S/C18H31N5O/c1-15-6-3-4-12-22(15)16(2)14-20-17(24)18(7-10-19-11-8-18)23-13-5-9-21-23/h5,9,13,15-16,19H,3-4,6-8,10-12,14H2,1-2H3,(H,20,24). The number of carbonyl (C=O) groups excluding carboxylic acids is 1. The van der Waals surface area contributed by atoms with E-state index in [1.54, 1.807) is 6.20 Å². The van der Waals surface area contributed by atoms with Gasteiger partial charge in [0.15, 0.2) is 0 Å². The summed E-state index contributed by atoms with van der Waals surface area (Å²) in [4.78, 5) is 15.6. The van der Waals surface area contributed by atoms with Crippen molar-refractivity contribution in [3.05, 3.63) is 18.5 Å². The summed E-state index contributed by atoms with van der Waals surface area (Å²) in [7, 11) is 0. The van der Waals surface area contributed by atoms with Crippen LogP contribution in [0.15, 0.2) is 18.5 Å². The predicted octanol–water partition coefficient (Wildman–Crippen LogP) is 1.34. The lowest BCUT2D eigenvalue weighted by atomic mass is 9.87. The fraction of sp³-hybridized carbons (Fsp3) is 0.778. The molecule has 24 heavy (non-hydrogen) atoms. The van der Waals surface area contributed by atoms with Gasteiger partial charge < -0.3 is 10.6 Å². The van der Waals surface area contributed by atoms with Gasteiger partial charge in [0.05, 0.1) is 0 Å². The number of nitrogens with one attached hydrogen (secondary N) is 2. The second-order valence-corrected chi connectivity index (χ2v) is 7.37. The van der Waals surface area contributed by atoms with Crippen molar-refractivity contribution in [3.8, 4) is 0 Å². The quantitative estimate of drug-likeness (QED) is 0.854. The first-order valence-electron chi connectivity index (χ1n) is 9.38. The lowest BCUT2D eigenvalue weighted by Gasteiger charge is -2.40. The van der Waals surface area contributed by atoms with Crippen molar-refractivity contribution in [1.29, 1.82) is 0 Å². The van der Waals surface area contributed by atoms with Crippen molar-refractivity contribution in [1.82, 2.24) is 25.3 Å². The third-order valence-electron chi connectivity index (χ3n) is 5.77. The minimum atomic E-state index is -0.540. The van der Waals surface area contributed by atoms with Gasteiger partial charge in [0.1, 0.15) is 5.54 Å². The van der Waals surface area contributed by atoms with Crippen LogP contribution in [-0.4, -0.2) is 58.9 Å². The molecule has 6 nitrogen and oxygen atoms in total. The van der Waals surface area contributed by atoms with E-state index < -0.39 is 5.54 Å². The second-order valence-electron chi connectivity index (χ2n) is 7.37. The summed E-state index contributed by atoms with van der Waals surface area (Å²) >= 11 is 0. The Morgan fingerprint density at radius 1 is 1.42 bits per heavy atom. The molecule has 0 radical (unpaired) electrons. The maximum Gasteiger partial charge on any atom is 0.248 e. The summed E-state index contributed by atoms with van der Waals surface area (Å²) in [6.45, 7) is 8.09. The Balaban J connectivity index is 1.63. The molecule has 0 aliphatic carbocycles. The topological polar surface area (TPSA) is 62.2 Å². The summed E-state index contributed by atoms with van der Waals surface area (Å²) < 4.78 is 1.86. The third-order valence-corrected chi connectivity index (χ3v) is 5.77. The normalized spacial score (nSPS) is 26.0. The van der Waals surface area contributed by atoms with E-state index in [0.717, 1.165) is 32.5 Å². The van der Waals surface area contributed by atoms with Gasteiger partial charge in [0.2, 0.25) is 5.91 Å². The van der Waals surface area contributed by atoms with E-state index in [4.69, 9.17) is 0 Å². The van der Waals surface area contributed by atoms with Crippen LogP contribution in [0.2, 0.25) is 0 Å². The predicted molar refractivity (Wildman–Crippen MR) is 94.8 cm³/mol. The average molecular weight is 333 g/mol. The van der Waals surface area contributed by atoms with Crippen molar-refractivity contribution in [2.24, 2.45) is 0 Å². The molecule has 0 saturated carbocycles. The van der Waals surface area contributed by atoms with Crippen LogP contribution in [0.3, 0.4) is 0 Å². The number of rotatable bonds is 5. The Bertz CT molecular complexity index is 524. The highest BCUT2D eigenvalue weighted by atomic mass is 16.2. The van der Waals surface area contributed by atoms with Gasteiger partial charge in [-0.05, 0) is 65.2 Å². The van der Waals surface area contributed by atoms with Crippen molar-refractivity contribution in [3.63, 3.8) is 0 Å². The number of carbonyl (C=O) groups is 1. The summed E-state index contributed by atoms with van der Waals surface area (Å²) in [6.07, 6.45) is 9.11. The molecule has 6 heteroatoms.